The fourth-order valence-electron chi connectivity index (χ4n) is 3.10. The Balaban J connectivity index is 1.57. The van der Waals surface area contributed by atoms with Crippen LogP contribution in [0.4, 0.5) is 0 Å². The first-order chi connectivity index (χ1) is 13.6. The van der Waals surface area contributed by atoms with Gasteiger partial charge in [0.15, 0.2) is 5.16 Å². The second kappa shape index (κ2) is 7.77. The number of aromatic nitrogens is 4. The molecule has 142 valence electrons. The zero-order valence-corrected chi connectivity index (χ0v) is 17.4. The molecule has 5 nitrogen and oxygen atoms in total. The average molecular weight is 409 g/mol. The van der Waals surface area contributed by atoms with Gasteiger partial charge < -0.3 is 0 Å². The molecule has 0 bridgehead atoms. The molecule has 0 atom stereocenters. The molecule has 0 saturated heterocycles. The van der Waals surface area contributed by atoms with E-state index in [1.54, 1.807) is 22.4 Å². The van der Waals surface area contributed by atoms with Gasteiger partial charge in [-0.25, -0.2) is 9.67 Å². The van der Waals surface area contributed by atoms with Crippen LogP contribution in [0, 0.1) is 13.8 Å². The van der Waals surface area contributed by atoms with E-state index in [-0.39, 0.29) is 5.56 Å². The van der Waals surface area contributed by atoms with Gasteiger partial charge in [-0.15, -0.1) is 17.9 Å². The summed E-state index contributed by atoms with van der Waals surface area (Å²) in [5, 5.41) is 7.83. The third kappa shape index (κ3) is 3.55. The van der Waals surface area contributed by atoms with Crippen LogP contribution in [0.15, 0.2) is 64.4 Å². The van der Waals surface area contributed by atoms with E-state index in [9.17, 15) is 4.79 Å². The standard InChI is InChI=1S/C21H20N4OS2/c1-4-10-24-20(26)18-9-11-27-19(18)22-21(24)28-13-16-5-7-17(8-6-16)25-15(3)12-14(2)23-25/h4-9,11-12H,1,10,13H2,2-3H3. The zero-order chi connectivity index (χ0) is 19.7. The summed E-state index contributed by atoms with van der Waals surface area (Å²) in [7, 11) is 0. The molecule has 3 heterocycles. The summed E-state index contributed by atoms with van der Waals surface area (Å²) in [5.41, 5.74) is 4.32. The van der Waals surface area contributed by atoms with Crippen molar-refractivity contribution in [2.45, 2.75) is 31.3 Å². The van der Waals surface area contributed by atoms with Crippen molar-refractivity contribution >= 4 is 33.3 Å². The largest absolute Gasteiger partial charge is 0.283 e. The highest BCUT2D eigenvalue weighted by atomic mass is 32.2. The molecule has 0 aliphatic carbocycles. The Kier molecular flexibility index (Phi) is 5.19. The molecule has 4 aromatic rings. The van der Waals surface area contributed by atoms with E-state index in [4.69, 9.17) is 4.98 Å². The second-order valence-electron chi connectivity index (χ2n) is 6.53. The van der Waals surface area contributed by atoms with Gasteiger partial charge in [-0.3, -0.25) is 9.36 Å². The second-order valence-corrected chi connectivity index (χ2v) is 8.37. The van der Waals surface area contributed by atoms with E-state index in [2.05, 4.69) is 48.9 Å². The lowest BCUT2D eigenvalue weighted by molar-refractivity contribution is 0.673. The van der Waals surface area contributed by atoms with Crippen LogP contribution in [0.3, 0.4) is 0 Å². The van der Waals surface area contributed by atoms with Crippen LogP contribution in [-0.2, 0) is 12.3 Å². The number of hydrogen-bond donors (Lipinski definition) is 0. The lowest BCUT2D eigenvalue weighted by Crippen LogP contribution is -2.22. The van der Waals surface area contributed by atoms with E-state index in [1.165, 1.54) is 16.9 Å². The van der Waals surface area contributed by atoms with Crippen molar-refractivity contribution in [1.29, 1.82) is 0 Å². The Morgan fingerprint density at radius 3 is 2.68 bits per heavy atom. The predicted octanol–water partition coefficient (Wildman–Crippen LogP) is 4.74. The highest BCUT2D eigenvalue weighted by molar-refractivity contribution is 7.98. The number of aryl methyl sites for hydroxylation is 2. The summed E-state index contributed by atoms with van der Waals surface area (Å²) < 4.78 is 3.64. The van der Waals surface area contributed by atoms with E-state index in [0.717, 1.165) is 32.8 Å². The van der Waals surface area contributed by atoms with E-state index in [1.807, 2.05) is 23.1 Å². The van der Waals surface area contributed by atoms with Crippen LogP contribution >= 0.6 is 23.1 Å². The minimum atomic E-state index is -0.00600. The first-order valence-electron chi connectivity index (χ1n) is 8.91. The molecular weight excluding hydrogens is 388 g/mol. The van der Waals surface area contributed by atoms with Gasteiger partial charge in [-0.2, -0.15) is 5.10 Å². The molecule has 4 rings (SSSR count). The molecule has 0 fully saturated rings. The molecule has 0 spiro atoms. The molecule has 0 aliphatic rings. The number of nitrogens with zero attached hydrogens (tertiary/aromatic N) is 4. The summed E-state index contributed by atoms with van der Waals surface area (Å²) in [4.78, 5) is 18.2. The number of fused-ring (bicyclic) bond motifs is 1. The Hall–Kier alpha value is -2.64. The molecule has 7 heteroatoms. The van der Waals surface area contributed by atoms with Crippen molar-refractivity contribution in [3.8, 4) is 5.69 Å². The average Bonchev–Trinajstić information content (AvgIpc) is 3.29. The molecule has 0 saturated carbocycles. The molecular formula is C21H20N4OS2. The molecule has 0 N–H and O–H groups in total. The molecule has 0 amide bonds. The Labute approximate surface area is 171 Å². The van der Waals surface area contributed by atoms with Gasteiger partial charge in [0.2, 0.25) is 0 Å². The van der Waals surface area contributed by atoms with Crippen molar-refractivity contribution in [3.63, 3.8) is 0 Å². The number of thiophene rings is 1. The van der Waals surface area contributed by atoms with Crippen LogP contribution < -0.4 is 5.56 Å². The first-order valence-corrected chi connectivity index (χ1v) is 10.8. The Morgan fingerprint density at radius 2 is 2.00 bits per heavy atom. The number of thioether (sulfide) groups is 1. The fraction of sp³-hybridized carbons (Fsp3) is 0.190. The smallest absolute Gasteiger partial charge is 0.263 e. The first kappa shape index (κ1) is 18.7. The highest BCUT2D eigenvalue weighted by Crippen LogP contribution is 2.25. The maximum absolute atomic E-state index is 12.7. The van der Waals surface area contributed by atoms with Crippen molar-refractivity contribution in [3.05, 3.63) is 81.7 Å². The summed E-state index contributed by atoms with van der Waals surface area (Å²) in [6.07, 6.45) is 1.73. The van der Waals surface area contributed by atoms with E-state index < -0.39 is 0 Å². The number of hydrogen-bond acceptors (Lipinski definition) is 5. The number of benzene rings is 1. The van der Waals surface area contributed by atoms with Crippen molar-refractivity contribution in [1.82, 2.24) is 19.3 Å². The van der Waals surface area contributed by atoms with E-state index >= 15 is 0 Å². The summed E-state index contributed by atoms with van der Waals surface area (Å²) in [6, 6.07) is 12.2. The molecule has 1 aromatic carbocycles. The van der Waals surface area contributed by atoms with Crippen LogP contribution in [-0.4, -0.2) is 19.3 Å². The van der Waals surface area contributed by atoms with Crippen LogP contribution in [0.5, 0.6) is 0 Å². The maximum atomic E-state index is 12.7. The molecule has 0 unspecified atom stereocenters. The SMILES string of the molecule is C=CCn1c(SCc2ccc(-n3nc(C)cc3C)cc2)nc2sccc2c1=O. The van der Waals surface area contributed by atoms with Crippen LogP contribution in [0.1, 0.15) is 17.0 Å². The topological polar surface area (TPSA) is 52.7 Å². The summed E-state index contributed by atoms with van der Waals surface area (Å²) >= 11 is 3.06. The molecule has 0 radical (unpaired) electrons. The van der Waals surface area contributed by atoms with Crippen molar-refractivity contribution in [2.75, 3.05) is 0 Å². The quantitative estimate of drug-likeness (QED) is 0.263. The third-order valence-corrected chi connectivity index (χ3v) is 6.27. The lowest BCUT2D eigenvalue weighted by atomic mass is 10.2. The Bertz CT molecular complexity index is 1200. The minimum absolute atomic E-state index is 0.00600. The van der Waals surface area contributed by atoms with Crippen molar-refractivity contribution < 1.29 is 0 Å². The summed E-state index contributed by atoms with van der Waals surface area (Å²) in [5.74, 6) is 0.734. The summed E-state index contributed by atoms with van der Waals surface area (Å²) in [6.45, 7) is 8.27. The fourth-order valence-corrected chi connectivity index (χ4v) is 4.87. The molecule has 0 aliphatic heterocycles. The van der Waals surface area contributed by atoms with Gasteiger partial charge in [0, 0.05) is 18.0 Å². The Morgan fingerprint density at radius 1 is 1.21 bits per heavy atom. The number of rotatable bonds is 6. The predicted molar refractivity (Wildman–Crippen MR) is 117 cm³/mol. The van der Waals surface area contributed by atoms with E-state index in [0.29, 0.717) is 11.9 Å². The third-order valence-electron chi connectivity index (χ3n) is 4.42. The van der Waals surface area contributed by atoms with Gasteiger partial charge in [0.05, 0.1) is 16.8 Å². The van der Waals surface area contributed by atoms with Crippen LogP contribution in [0.2, 0.25) is 0 Å². The minimum Gasteiger partial charge on any atom is -0.283 e. The van der Waals surface area contributed by atoms with Crippen LogP contribution in [0.25, 0.3) is 15.9 Å². The van der Waals surface area contributed by atoms with Gasteiger partial charge in [0.25, 0.3) is 5.56 Å². The van der Waals surface area contributed by atoms with Gasteiger partial charge in [-0.05, 0) is 49.1 Å². The molecule has 28 heavy (non-hydrogen) atoms. The maximum Gasteiger partial charge on any atom is 0.263 e. The zero-order valence-electron chi connectivity index (χ0n) is 15.8. The number of allylic oxidation sites excluding steroid dienone is 1. The highest BCUT2D eigenvalue weighted by Gasteiger charge is 2.12. The van der Waals surface area contributed by atoms with Gasteiger partial charge >= 0.3 is 0 Å². The molecule has 3 aromatic heterocycles. The van der Waals surface area contributed by atoms with Gasteiger partial charge in [0.1, 0.15) is 4.83 Å². The van der Waals surface area contributed by atoms with Crippen molar-refractivity contribution in [2.24, 2.45) is 0 Å². The normalized spacial score (nSPS) is 11.2. The lowest BCUT2D eigenvalue weighted by Gasteiger charge is -2.10. The van der Waals surface area contributed by atoms with Gasteiger partial charge in [-0.1, -0.05) is 30.0 Å². The monoisotopic (exact) mass is 408 g/mol.